The highest BCUT2D eigenvalue weighted by molar-refractivity contribution is 5.89. The third-order valence-corrected chi connectivity index (χ3v) is 6.36. The second kappa shape index (κ2) is 10.9. The highest BCUT2D eigenvalue weighted by Crippen LogP contribution is 2.44. The molecule has 0 spiro atoms. The fourth-order valence-electron chi connectivity index (χ4n) is 4.20. The maximum atomic E-state index is 14.0. The van der Waals surface area contributed by atoms with E-state index in [1.807, 2.05) is 0 Å². The third kappa shape index (κ3) is 6.29. The van der Waals surface area contributed by atoms with Gasteiger partial charge in [-0.25, -0.2) is 18.4 Å². The molecule has 1 amide bonds. The summed E-state index contributed by atoms with van der Waals surface area (Å²) in [4.78, 5) is 28.3. The van der Waals surface area contributed by atoms with Gasteiger partial charge < -0.3 is 4.74 Å². The molecule has 0 bridgehead atoms. The molecule has 216 valence electrons. The highest BCUT2D eigenvalue weighted by atomic mass is 19.4. The molecule has 3 aromatic rings. The molecular formula is C25H22F8N4O3. The van der Waals surface area contributed by atoms with Gasteiger partial charge in [0, 0.05) is 51.3 Å². The molecule has 15 heteroatoms. The summed E-state index contributed by atoms with van der Waals surface area (Å²) < 4.78 is 116. The summed E-state index contributed by atoms with van der Waals surface area (Å²) in [6.45, 7) is 0.762. The first-order valence-corrected chi connectivity index (χ1v) is 11.8. The first-order valence-electron chi connectivity index (χ1n) is 11.8. The van der Waals surface area contributed by atoms with E-state index in [0.29, 0.717) is 22.4 Å². The normalized spacial score (nSPS) is 16.4. The zero-order chi connectivity index (χ0) is 29.4. The highest BCUT2D eigenvalue weighted by Gasteiger charge is 2.42. The fourth-order valence-corrected chi connectivity index (χ4v) is 4.20. The van der Waals surface area contributed by atoms with Crippen LogP contribution in [0, 0.1) is 5.82 Å². The Morgan fingerprint density at radius 1 is 1.02 bits per heavy atom. The van der Waals surface area contributed by atoms with Gasteiger partial charge in [-0.2, -0.15) is 26.3 Å². The number of amides is 1. The van der Waals surface area contributed by atoms with Crippen LogP contribution in [-0.2, 0) is 18.9 Å². The van der Waals surface area contributed by atoms with Gasteiger partial charge >= 0.3 is 24.1 Å². The SMILES string of the molecule is CN(C(=O)Oc1c(-n2ccn(CCN3CCC(F)C3)c2=O)cc(C(F)(F)F)cc1C(F)(F)F)c1ccc(F)cc1. The molecule has 4 rings (SSSR count). The summed E-state index contributed by atoms with van der Waals surface area (Å²) >= 11 is 0. The van der Waals surface area contributed by atoms with Crippen LogP contribution < -0.4 is 15.3 Å². The van der Waals surface area contributed by atoms with E-state index in [4.69, 9.17) is 4.74 Å². The van der Waals surface area contributed by atoms with Crippen LogP contribution in [0.2, 0.25) is 0 Å². The van der Waals surface area contributed by atoms with Crippen LogP contribution in [0.15, 0.2) is 53.6 Å². The Bertz CT molecular complexity index is 1430. The molecule has 1 aliphatic rings. The van der Waals surface area contributed by atoms with Crippen molar-refractivity contribution in [3.05, 3.63) is 76.2 Å². The van der Waals surface area contributed by atoms with Crippen LogP contribution in [0.4, 0.5) is 45.6 Å². The zero-order valence-corrected chi connectivity index (χ0v) is 20.8. The summed E-state index contributed by atoms with van der Waals surface area (Å²) in [6.07, 6.45) is -10.7. The lowest BCUT2D eigenvalue weighted by Gasteiger charge is -2.22. The molecule has 40 heavy (non-hydrogen) atoms. The Morgan fingerprint density at radius 2 is 1.70 bits per heavy atom. The van der Waals surface area contributed by atoms with E-state index in [-0.39, 0.29) is 37.5 Å². The van der Waals surface area contributed by atoms with E-state index >= 15 is 0 Å². The Kier molecular flexibility index (Phi) is 7.97. The van der Waals surface area contributed by atoms with Crippen molar-refractivity contribution in [2.24, 2.45) is 0 Å². The molecule has 1 fully saturated rings. The molecule has 2 heterocycles. The fraction of sp³-hybridized carbons (Fsp3) is 0.360. The van der Waals surface area contributed by atoms with E-state index in [2.05, 4.69) is 0 Å². The van der Waals surface area contributed by atoms with Crippen LogP contribution in [0.5, 0.6) is 5.75 Å². The number of halogens is 8. The number of carbonyl (C=O) groups is 1. The standard InChI is InChI=1S/C25H22F8N4O3/c1-34(18-4-2-16(26)3-5-18)23(39)40-21-19(25(31,32)33)12-15(24(28,29)30)13-20(21)37-11-10-36(22(37)38)9-8-35-7-6-17(27)14-35/h2-5,10-13,17H,6-9,14H2,1H3. The van der Waals surface area contributed by atoms with Gasteiger partial charge in [0.25, 0.3) is 0 Å². The van der Waals surface area contributed by atoms with Gasteiger partial charge in [0.1, 0.15) is 17.6 Å². The summed E-state index contributed by atoms with van der Waals surface area (Å²) in [7, 11) is 1.09. The van der Waals surface area contributed by atoms with E-state index in [1.54, 1.807) is 4.90 Å². The van der Waals surface area contributed by atoms with Crippen molar-refractivity contribution in [2.75, 3.05) is 31.6 Å². The minimum absolute atomic E-state index is 0.00849. The van der Waals surface area contributed by atoms with E-state index in [9.17, 15) is 44.7 Å². The predicted molar refractivity (Wildman–Crippen MR) is 127 cm³/mol. The van der Waals surface area contributed by atoms with Crippen molar-refractivity contribution in [2.45, 2.75) is 31.5 Å². The van der Waals surface area contributed by atoms with Crippen molar-refractivity contribution in [1.82, 2.24) is 14.0 Å². The van der Waals surface area contributed by atoms with Crippen LogP contribution in [0.25, 0.3) is 5.69 Å². The molecule has 1 unspecified atom stereocenters. The number of aromatic nitrogens is 2. The Balaban J connectivity index is 1.77. The van der Waals surface area contributed by atoms with Crippen LogP contribution >= 0.6 is 0 Å². The molecule has 0 N–H and O–H groups in total. The number of anilines is 1. The lowest BCUT2D eigenvalue weighted by Crippen LogP contribution is -2.32. The monoisotopic (exact) mass is 578 g/mol. The number of hydrogen-bond acceptors (Lipinski definition) is 4. The Morgan fingerprint density at radius 3 is 2.27 bits per heavy atom. The third-order valence-electron chi connectivity index (χ3n) is 6.36. The van der Waals surface area contributed by atoms with Gasteiger partial charge in [-0.15, -0.1) is 0 Å². The number of imidazole rings is 1. The molecule has 1 aliphatic heterocycles. The number of ether oxygens (including phenoxy) is 1. The van der Waals surface area contributed by atoms with Gasteiger partial charge in [0.05, 0.1) is 11.3 Å². The molecule has 1 aromatic heterocycles. The number of carbonyl (C=O) groups excluding carboxylic acids is 1. The lowest BCUT2D eigenvalue weighted by atomic mass is 10.1. The van der Waals surface area contributed by atoms with Crippen LogP contribution in [0.1, 0.15) is 17.5 Å². The minimum Gasteiger partial charge on any atom is -0.407 e. The van der Waals surface area contributed by atoms with E-state index < -0.39 is 58.7 Å². The van der Waals surface area contributed by atoms with Gasteiger partial charge in [-0.05, 0) is 42.8 Å². The molecular weight excluding hydrogens is 556 g/mol. The van der Waals surface area contributed by atoms with Crippen molar-refractivity contribution >= 4 is 11.8 Å². The first-order chi connectivity index (χ1) is 18.6. The summed E-state index contributed by atoms with van der Waals surface area (Å²) in [5, 5.41) is 0. The number of rotatable bonds is 6. The van der Waals surface area contributed by atoms with Gasteiger partial charge in [0.2, 0.25) is 0 Å². The molecule has 0 saturated carbocycles. The lowest BCUT2D eigenvalue weighted by molar-refractivity contribution is -0.143. The number of benzene rings is 2. The summed E-state index contributed by atoms with van der Waals surface area (Å²) in [6, 6.07) is 4.27. The summed E-state index contributed by atoms with van der Waals surface area (Å²) in [5.74, 6) is -1.99. The van der Waals surface area contributed by atoms with Gasteiger partial charge in [-0.3, -0.25) is 18.9 Å². The molecule has 2 aromatic carbocycles. The predicted octanol–water partition coefficient (Wildman–Crippen LogP) is 5.49. The molecule has 1 atom stereocenters. The second-order valence-corrected chi connectivity index (χ2v) is 9.10. The average molecular weight is 578 g/mol. The number of alkyl halides is 7. The largest absolute Gasteiger partial charge is 0.420 e. The molecule has 0 aliphatic carbocycles. The number of hydrogen-bond donors (Lipinski definition) is 0. The van der Waals surface area contributed by atoms with E-state index in [0.717, 1.165) is 48.3 Å². The Labute approximate surface area is 221 Å². The van der Waals surface area contributed by atoms with Crippen molar-refractivity contribution < 1.29 is 44.7 Å². The van der Waals surface area contributed by atoms with Gasteiger partial charge in [0.15, 0.2) is 5.75 Å². The molecule has 7 nitrogen and oxygen atoms in total. The van der Waals surface area contributed by atoms with Crippen LogP contribution in [0.3, 0.4) is 0 Å². The van der Waals surface area contributed by atoms with Crippen molar-refractivity contribution in [3.8, 4) is 11.4 Å². The maximum absolute atomic E-state index is 14.0. The molecule has 1 saturated heterocycles. The van der Waals surface area contributed by atoms with Gasteiger partial charge in [-0.1, -0.05) is 0 Å². The van der Waals surface area contributed by atoms with E-state index in [1.165, 1.54) is 0 Å². The topological polar surface area (TPSA) is 59.7 Å². The van der Waals surface area contributed by atoms with Crippen LogP contribution in [-0.4, -0.2) is 53.0 Å². The average Bonchev–Trinajstić information content (AvgIpc) is 3.46. The quantitative estimate of drug-likeness (QED) is 0.363. The zero-order valence-electron chi connectivity index (χ0n) is 20.8. The van der Waals surface area contributed by atoms with Crippen molar-refractivity contribution in [1.29, 1.82) is 0 Å². The Hall–Kier alpha value is -3.88. The molecule has 0 radical (unpaired) electrons. The second-order valence-electron chi connectivity index (χ2n) is 9.10. The summed E-state index contributed by atoms with van der Waals surface area (Å²) in [5.41, 5.74) is -5.64. The smallest absolute Gasteiger partial charge is 0.407 e. The minimum atomic E-state index is -5.43. The number of nitrogens with zero attached hydrogens (tertiary/aromatic N) is 4. The number of likely N-dealkylation sites (tertiary alicyclic amines) is 1. The van der Waals surface area contributed by atoms with Crippen molar-refractivity contribution in [3.63, 3.8) is 0 Å². The first kappa shape index (κ1) is 29.1. The maximum Gasteiger partial charge on any atom is 0.420 e.